The summed E-state index contributed by atoms with van der Waals surface area (Å²) in [5.74, 6) is 0.921. The molecule has 2 bridgehead atoms. The molecule has 2 fully saturated rings. The molecule has 2 aliphatic rings. The van der Waals surface area contributed by atoms with Crippen molar-refractivity contribution in [2.75, 3.05) is 33.2 Å². The van der Waals surface area contributed by atoms with E-state index in [1.807, 2.05) is 11.9 Å². The highest BCUT2D eigenvalue weighted by Crippen LogP contribution is 2.26. The minimum atomic E-state index is 0.265. The summed E-state index contributed by atoms with van der Waals surface area (Å²) >= 11 is 0. The maximum absolute atomic E-state index is 12.2. The maximum Gasteiger partial charge on any atom is 0.236 e. The van der Waals surface area contributed by atoms with Crippen molar-refractivity contribution in [2.45, 2.75) is 45.3 Å². The smallest absolute Gasteiger partial charge is 0.236 e. The Morgan fingerprint density at radius 1 is 1.39 bits per heavy atom. The molecule has 0 aromatic heterocycles. The zero-order valence-corrected chi connectivity index (χ0v) is 11.9. The van der Waals surface area contributed by atoms with E-state index in [-0.39, 0.29) is 5.91 Å². The van der Waals surface area contributed by atoms with Crippen molar-refractivity contribution in [3.8, 4) is 0 Å². The molecule has 0 N–H and O–H groups in total. The fourth-order valence-electron chi connectivity index (χ4n) is 2.88. The number of hydrogen-bond donors (Lipinski definition) is 0. The van der Waals surface area contributed by atoms with Crippen LogP contribution in [-0.2, 0) is 9.53 Å². The predicted molar refractivity (Wildman–Crippen MR) is 71.4 cm³/mol. The summed E-state index contributed by atoms with van der Waals surface area (Å²) in [6.45, 7) is 7.57. The first-order valence-electron chi connectivity index (χ1n) is 7.20. The van der Waals surface area contributed by atoms with Crippen LogP contribution in [0.15, 0.2) is 0 Å². The van der Waals surface area contributed by atoms with Gasteiger partial charge in [0, 0.05) is 19.6 Å². The van der Waals surface area contributed by atoms with Crippen molar-refractivity contribution in [3.63, 3.8) is 0 Å². The normalized spacial score (nSPS) is 28.8. The Balaban J connectivity index is 1.77. The molecule has 2 saturated heterocycles. The predicted octanol–water partition coefficient (Wildman–Crippen LogP) is 1.35. The van der Waals surface area contributed by atoms with Gasteiger partial charge in [0.05, 0.1) is 18.8 Å². The lowest BCUT2D eigenvalue weighted by atomic mass is 10.1. The SMILES string of the molecule is CCC(C)CN(C)CC(=O)N1CC2CCC(C1)O2. The Hall–Kier alpha value is -0.610. The van der Waals surface area contributed by atoms with E-state index in [1.165, 1.54) is 6.42 Å². The van der Waals surface area contributed by atoms with Gasteiger partial charge in [-0.1, -0.05) is 20.3 Å². The van der Waals surface area contributed by atoms with Crippen molar-refractivity contribution in [1.82, 2.24) is 9.80 Å². The number of morpholine rings is 1. The molecular formula is C14H26N2O2. The van der Waals surface area contributed by atoms with Gasteiger partial charge in [-0.2, -0.15) is 0 Å². The number of amides is 1. The first-order chi connectivity index (χ1) is 8.58. The molecule has 3 unspecified atom stereocenters. The quantitative estimate of drug-likeness (QED) is 0.742. The van der Waals surface area contributed by atoms with Crippen molar-refractivity contribution >= 4 is 5.91 Å². The Kier molecular flexibility index (Phi) is 4.62. The van der Waals surface area contributed by atoms with Crippen LogP contribution in [0.2, 0.25) is 0 Å². The number of hydrogen-bond acceptors (Lipinski definition) is 3. The summed E-state index contributed by atoms with van der Waals surface area (Å²) < 4.78 is 5.76. The van der Waals surface area contributed by atoms with E-state index in [4.69, 9.17) is 4.74 Å². The van der Waals surface area contributed by atoms with Crippen LogP contribution >= 0.6 is 0 Å². The molecule has 0 aliphatic carbocycles. The first-order valence-corrected chi connectivity index (χ1v) is 7.20. The van der Waals surface area contributed by atoms with Gasteiger partial charge in [-0.05, 0) is 25.8 Å². The van der Waals surface area contributed by atoms with Gasteiger partial charge in [0.2, 0.25) is 5.91 Å². The van der Waals surface area contributed by atoms with E-state index in [9.17, 15) is 4.79 Å². The number of rotatable bonds is 5. The third-order valence-corrected chi connectivity index (χ3v) is 4.12. The highest BCUT2D eigenvalue weighted by Gasteiger charge is 2.35. The van der Waals surface area contributed by atoms with Crippen LogP contribution in [0.4, 0.5) is 0 Å². The van der Waals surface area contributed by atoms with Crippen LogP contribution in [0.1, 0.15) is 33.1 Å². The second-order valence-electron chi connectivity index (χ2n) is 5.97. The molecule has 0 aromatic carbocycles. The summed E-state index contributed by atoms with van der Waals surface area (Å²) in [6.07, 6.45) is 4.01. The van der Waals surface area contributed by atoms with Crippen LogP contribution in [0, 0.1) is 5.92 Å². The molecule has 0 radical (unpaired) electrons. The number of nitrogens with zero attached hydrogens (tertiary/aromatic N) is 2. The van der Waals surface area contributed by atoms with Crippen LogP contribution < -0.4 is 0 Å². The Labute approximate surface area is 110 Å². The number of ether oxygens (including phenoxy) is 1. The van der Waals surface area contributed by atoms with Gasteiger partial charge in [0.1, 0.15) is 0 Å². The molecular weight excluding hydrogens is 228 g/mol. The number of likely N-dealkylation sites (tertiary alicyclic amines) is 1. The minimum Gasteiger partial charge on any atom is -0.371 e. The lowest BCUT2D eigenvalue weighted by Gasteiger charge is -2.33. The zero-order valence-electron chi connectivity index (χ0n) is 11.9. The van der Waals surface area contributed by atoms with Gasteiger partial charge < -0.3 is 9.64 Å². The van der Waals surface area contributed by atoms with Crippen molar-refractivity contribution < 1.29 is 9.53 Å². The largest absolute Gasteiger partial charge is 0.371 e. The second-order valence-corrected chi connectivity index (χ2v) is 5.97. The van der Waals surface area contributed by atoms with Gasteiger partial charge >= 0.3 is 0 Å². The molecule has 0 aromatic rings. The summed E-state index contributed by atoms with van der Waals surface area (Å²) in [4.78, 5) is 16.4. The number of fused-ring (bicyclic) bond motifs is 2. The van der Waals surface area contributed by atoms with Crippen molar-refractivity contribution in [3.05, 3.63) is 0 Å². The minimum absolute atomic E-state index is 0.265. The van der Waals surface area contributed by atoms with Gasteiger partial charge in [-0.25, -0.2) is 0 Å². The van der Waals surface area contributed by atoms with E-state index in [0.717, 1.165) is 32.5 Å². The molecule has 0 spiro atoms. The highest BCUT2D eigenvalue weighted by molar-refractivity contribution is 5.78. The summed E-state index contributed by atoms with van der Waals surface area (Å²) in [6, 6.07) is 0. The zero-order chi connectivity index (χ0) is 13.1. The van der Waals surface area contributed by atoms with Crippen molar-refractivity contribution in [2.24, 2.45) is 5.92 Å². The fraction of sp³-hybridized carbons (Fsp3) is 0.929. The summed E-state index contributed by atoms with van der Waals surface area (Å²) in [5.41, 5.74) is 0. The van der Waals surface area contributed by atoms with E-state index in [0.29, 0.717) is 24.7 Å². The summed E-state index contributed by atoms with van der Waals surface area (Å²) in [7, 11) is 2.04. The maximum atomic E-state index is 12.2. The van der Waals surface area contributed by atoms with E-state index in [2.05, 4.69) is 18.7 Å². The highest BCUT2D eigenvalue weighted by atomic mass is 16.5. The third kappa shape index (κ3) is 3.45. The van der Waals surface area contributed by atoms with Gasteiger partial charge in [-0.15, -0.1) is 0 Å². The van der Waals surface area contributed by atoms with Gasteiger partial charge in [0.25, 0.3) is 0 Å². The molecule has 2 rings (SSSR count). The molecule has 4 heteroatoms. The molecule has 3 atom stereocenters. The third-order valence-electron chi connectivity index (χ3n) is 4.12. The first kappa shape index (κ1) is 13.8. The second kappa shape index (κ2) is 6.02. The molecule has 4 nitrogen and oxygen atoms in total. The molecule has 2 aliphatic heterocycles. The van der Waals surface area contributed by atoms with Crippen LogP contribution in [0.3, 0.4) is 0 Å². The van der Waals surface area contributed by atoms with E-state index in [1.54, 1.807) is 0 Å². The van der Waals surface area contributed by atoms with Gasteiger partial charge in [0.15, 0.2) is 0 Å². The Morgan fingerprint density at radius 3 is 2.56 bits per heavy atom. The Morgan fingerprint density at radius 2 is 2.00 bits per heavy atom. The topological polar surface area (TPSA) is 32.8 Å². The molecule has 18 heavy (non-hydrogen) atoms. The van der Waals surface area contributed by atoms with E-state index >= 15 is 0 Å². The fourth-order valence-corrected chi connectivity index (χ4v) is 2.88. The van der Waals surface area contributed by atoms with Gasteiger partial charge in [-0.3, -0.25) is 9.69 Å². The van der Waals surface area contributed by atoms with Crippen LogP contribution in [0.5, 0.6) is 0 Å². The van der Waals surface area contributed by atoms with Crippen LogP contribution in [-0.4, -0.2) is 61.1 Å². The number of likely N-dealkylation sites (N-methyl/N-ethyl adjacent to an activating group) is 1. The average molecular weight is 254 g/mol. The molecule has 0 saturated carbocycles. The lowest BCUT2D eigenvalue weighted by molar-refractivity contribution is -0.140. The summed E-state index contributed by atoms with van der Waals surface area (Å²) in [5, 5.41) is 0. The standard InChI is InChI=1S/C14H26N2O2/c1-4-11(2)7-15(3)10-14(17)16-8-12-5-6-13(9-16)18-12/h11-13H,4-10H2,1-3H3. The molecule has 2 heterocycles. The Bertz CT molecular complexity index is 284. The molecule has 1 amide bonds. The lowest BCUT2D eigenvalue weighted by Crippen LogP contribution is -2.49. The number of carbonyl (C=O) groups excluding carboxylic acids is 1. The average Bonchev–Trinajstić information content (AvgIpc) is 2.67. The number of carbonyl (C=O) groups is 1. The van der Waals surface area contributed by atoms with Crippen molar-refractivity contribution in [1.29, 1.82) is 0 Å². The monoisotopic (exact) mass is 254 g/mol. The molecule has 104 valence electrons. The van der Waals surface area contributed by atoms with E-state index < -0.39 is 0 Å². The van der Waals surface area contributed by atoms with Crippen LogP contribution in [0.25, 0.3) is 0 Å².